The van der Waals surface area contributed by atoms with Crippen LogP contribution in [0.3, 0.4) is 0 Å². The van der Waals surface area contributed by atoms with E-state index in [0.29, 0.717) is 26.3 Å². The van der Waals surface area contributed by atoms with Gasteiger partial charge in [0.25, 0.3) is 11.1 Å². The molecule has 0 aliphatic carbocycles. The second-order valence-electron chi connectivity index (χ2n) is 25.9. The van der Waals surface area contributed by atoms with Crippen molar-refractivity contribution in [3.8, 4) is 22.3 Å². The van der Waals surface area contributed by atoms with E-state index >= 15 is 26.3 Å². The highest BCUT2D eigenvalue weighted by Crippen LogP contribution is 2.45. The number of hydrogen-bond donors (Lipinski definition) is 3. The van der Waals surface area contributed by atoms with Gasteiger partial charge in [-0.05, 0) is 158 Å². The van der Waals surface area contributed by atoms with Crippen LogP contribution in [0, 0.1) is 74.4 Å². The lowest BCUT2D eigenvalue weighted by molar-refractivity contribution is -0.144. The van der Waals surface area contributed by atoms with Crippen LogP contribution in [0.15, 0.2) is 70.5 Å². The minimum Gasteiger partial charge on any atom is -0.481 e. The molecule has 0 saturated carbocycles. The maximum atomic E-state index is 16.5. The third-order valence-corrected chi connectivity index (χ3v) is 16.1. The number of nitrogens with zero attached hydrogens (tertiary/aromatic N) is 4. The Kier molecular flexibility index (Phi) is 27.7. The highest BCUT2D eigenvalue weighted by Gasteiger charge is 2.44. The summed E-state index contributed by atoms with van der Waals surface area (Å²) in [6.07, 6.45) is -22.6. The van der Waals surface area contributed by atoms with Crippen molar-refractivity contribution < 1.29 is 108 Å². The number of rotatable bonds is 25. The Morgan fingerprint density at radius 3 is 1.12 bits per heavy atom. The Labute approximate surface area is 574 Å². The lowest BCUT2D eigenvalue weighted by Crippen LogP contribution is -2.41. The molecular formula is C70H76F18N6O8. The molecule has 6 aromatic rings. The van der Waals surface area contributed by atoms with Crippen LogP contribution in [0.1, 0.15) is 151 Å². The number of benzene rings is 4. The molecule has 0 fully saturated rings. The number of carboxylic acids is 1. The van der Waals surface area contributed by atoms with E-state index in [4.69, 9.17) is 4.74 Å². The van der Waals surface area contributed by atoms with Crippen molar-refractivity contribution in [2.45, 2.75) is 150 Å². The van der Waals surface area contributed by atoms with Crippen LogP contribution >= 0.6 is 0 Å². The first-order valence-electron chi connectivity index (χ1n) is 31.6. The van der Waals surface area contributed by atoms with Gasteiger partial charge in [0, 0.05) is 71.0 Å². The van der Waals surface area contributed by atoms with E-state index in [9.17, 15) is 86.6 Å². The fraction of sp³-hybridized carbons (Fsp3) is 0.457. The van der Waals surface area contributed by atoms with Gasteiger partial charge in [0.15, 0.2) is 0 Å². The van der Waals surface area contributed by atoms with Crippen LogP contribution in [0.2, 0.25) is 0 Å². The SMILES string of the molecule is CCOC(=O)C[C@H](NC(=O)C(CC(C)C)n1cc(CCN(C)C)c(C(F)(F)F)cc1=O)c1c(F)c(-c2c(C)cc(C)cc2F)cc(C(F)(F)F)c1F.Cc1cc(C)c(-c2cc(C(F)(F)F)c(F)c([C@H](CC(=O)O)NC(=O)C(CC(C)C)n3cc(CCN(C)C)c(C(F)(F)F)cc3=O)c2F)c(F)c1. The first-order valence-corrected chi connectivity index (χ1v) is 31.6. The molecule has 0 saturated heterocycles. The first kappa shape index (κ1) is 84.0. The zero-order valence-corrected chi connectivity index (χ0v) is 57.5. The summed E-state index contributed by atoms with van der Waals surface area (Å²) in [5.74, 6) is -16.7. The summed E-state index contributed by atoms with van der Waals surface area (Å²) in [6.45, 7) is 13.2. The Hall–Kier alpha value is -8.68. The van der Waals surface area contributed by atoms with E-state index in [1.54, 1.807) is 65.7 Å². The molecule has 2 heterocycles. The van der Waals surface area contributed by atoms with E-state index in [2.05, 4.69) is 5.32 Å². The van der Waals surface area contributed by atoms with E-state index < -0.39 is 199 Å². The molecule has 32 heteroatoms. The van der Waals surface area contributed by atoms with Gasteiger partial charge >= 0.3 is 36.6 Å². The zero-order valence-electron chi connectivity index (χ0n) is 57.5. The fourth-order valence-electron chi connectivity index (χ4n) is 11.6. The number of esters is 1. The average molecular weight is 1470 g/mol. The van der Waals surface area contributed by atoms with Gasteiger partial charge in [0.2, 0.25) is 11.8 Å². The van der Waals surface area contributed by atoms with Gasteiger partial charge in [-0.2, -0.15) is 52.7 Å². The van der Waals surface area contributed by atoms with Crippen LogP contribution in [-0.2, 0) is 61.5 Å². The predicted molar refractivity (Wildman–Crippen MR) is 341 cm³/mol. The number of pyridine rings is 2. The fourth-order valence-corrected chi connectivity index (χ4v) is 11.6. The van der Waals surface area contributed by atoms with E-state index in [1.807, 2.05) is 5.32 Å². The summed E-state index contributed by atoms with van der Waals surface area (Å²) in [7, 11) is 6.39. The molecule has 4 aromatic carbocycles. The molecule has 3 N–H and O–H groups in total. The third kappa shape index (κ3) is 21.0. The normalized spacial score (nSPS) is 13.5. The molecule has 0 aliphatic heterocycles. The van der Waals surface area contributed by atoms with Gasteiger partial charge in [-0.1, -0.05) is 39.8 Å². The number of hydrogen-bond acceptors (Lipinski definition) is 9. The number of alkyl halides is 12. The number of aromatic nitrogens is 2. The molecule has 6 rings (SSSR count). The van der Waals surface area contributed by atoms with Gasteiger partial charge in [0.05, 0.1) is 53.8 Å². The number of carbonyl (C=O) groups excluding carboxylic acids is 3. The summed E-state index contributed by atoms with van der Waals surface area (Å²) < 4.78 is 270. The Bertz CT molecular complexity index is 4150. The molecule has 2 aromatic heterocycles. The lowest BCUT2D eigenvalue weighted by Gasteiger charge is -2.28. The maximum absolute atomic E-state index is 16.5. The minimum atomic E-state index is -5.50. The van der Waals surface area contributed by atoms with Crippen LogP contribution in [0.25, 0.3) is 22.3 Å². The number of ether oxygens (including phenoxy) is 1. The maximum Gasteiger partial charge on any atom is 0.419 e. The standard InChI is InChI=1S/C36H40F9N3O4.C34H36F9N3O4/c1-8-52-29(50)16-26(31-32(38)22(14-24(33(31)39)36(43,44)45)30-20(5)12-19(4)13-25(30)37)46-34(51)27(11-18(2)3)48-17-21(9-10-47(6)7)23(15-28(48)49)35(40,41)42;1-16(2)9-25(46-15-19(7-8-45(5)6)21(13-26(46)47)33(38,39)40)32(50)44-24(14-27(48)49)29-30(36)20(12-22(31(29)37)34(41,42)43)28-18(4)10-17(3)11-23(28)35/h12-15,17-18,26-27H,8-11,16H2,1-7H3,(H,46,51);10-13,15-16,24-25H,7-9,14H2,1-6H3,(H,44,50)(H,48,49)/t26-,27?;24-,25?/m00/s1. The second-order valence-corrected chi connectivity index (χ2v) is 25.9. The number of aliphatic carboxylic acids is 1. The molecule has 14 nitrogen and oxygen atoms in total. The van der Waals surface area contributed by atoms with Crippen molar-refractivity contribution in [1.29, 1.82) is 0 Å². The third-order valence-electron chi connectivity index (χ3n) is 16.1. The van der Waals surface area contributed by atoms with Crippen LogP contribution < -0.4 is 21.8 Å². The molecule has 0 bridgehead atoms. The van der Waals surface area contributed by atoms with E-state index in [0.717, 1.165) is 24.5 Å². The number of aryl methyl sites for hydroxylation is 4. The summed E-state index contributed by atoms with van der Waals surface area (Å²) in [5, 5.41) is 13.8. The predicted octanol–water partition coefficient (Wildman–Crippen LogP) is 15.7. The quantitative estimate of drug-likeness (QED) is 0.0370. The molecule has 0 spiro atoms. The largest absolute Gasteiger partial charge is 0.481 e. The van der Waals surface area contributed by atoms with Crippen LogP contribution in [0.4, 0.5) is 79.0 Å². The van der Waals surface area contributed by atoms with Crippen molar-refractivity contribution >= 4 is 23.8 Å². The number of halogens is 18. The first-order chi connectivity index (χ1) is 46.9. The summed E-state index contributed by atoms with van der Waals surface area (Å²) >= 11 is 0. The van der Waals surface area contributed by atoms with E-state index in [-0.39, 0.29) is 85.8 Å². The number of carbonyl (C=O) groups is 4. The second kappa shape index (κ2) is 33.6. The van der Waals surface area contributed by atoms with Crippen molar-refractivity contribution in [1.82, 2.24) is 29.6 Å². The Morgan fingerprint density at radius 1 is 0.500 bits per heavy atom. The summed E-state index contributed by atoms with van der Waals surface area (Å²) in [6, 6.07) is -2.68. The van der Waals surface area contributed by atoms with E-state index in [1.165, 1.54) is 46.8 Å². The molecule has 2 amide bonds. The Balaban J connectivity index is 0.000000367. The van der Waals surface area contributed by atoms with Crippen LogP contribution in [-0.4, -0.2) is 95.7 Å². The van der Waals surface area contributed by atoms with Crippen molar-refractivity contribution in [2.75, 3.05) is 47.9 Å². The zero-order chi connectivity index (χ0) is 77.5. The van der Waals surface area contributed by atoms with Gasteiger partial charge in [0.1, 0.15) is 47.0 Å². The van der Waals surface area contributed by atoms with Crippen molar-refractivity contribution in [3.05, 3.63) is 183 Å². The van der Waals surface area contributed by atoms with Gasteiger partial charge in [-0.15, -0.1) is 0 Å². The number of carboxylic acid groups (broad SMARTS) is 1. The molecule has 0 radical (unpaired) electrons. The van der Waals surface area contributed by atoms with Crippen molar-refractivity contribution in [2.24, 2.45) is 11.8 Å². The average Bonchev–Trinajstić information content (AvgIpc) is 0.761. The van der Waals surface area contributed by atoms with Crippen molar-refractivity contribution in [3.63, 3.8) is 0 Å². The topological polar surface area (TPSA) is 172 Å². The monoisotopic (exact) mass is 1470 g/mol. The highest BCUT2D eigenvalue weighted by molar-refractivity contribution is 5.83. The number of amides is 2. The highest BCUT2D eigenvalue weighted by atomic mass is 19.4. The van der Waals surface area contributed by atoms with Crippen LogP contribution in [0.5, 0.6) is 0 Å². The van der Waals surface area contributed by atoms with Gasteiger partial charge < -0.3 is 39.4 Å². The molecule has 560 valence electrons. The smallest absolute Gasteiger partial charge is 0.419 e. The summed E-state index contributed by atoms with van der Waals surface area (Å²) in [4.78, 5) is 81.9. The van der Waals surface area contributed by atoms with Gasteiger partial charge in [-0.3, -0.25) is 28.8 Å². The number of likely N-dealkylation sites (N-methyl/N-ethyl adjacent to an activating group) is 2. The summed E-state index contributed by atoms with van der Waals surface area (Å²) in [5.41, 5.74) is -15.6. The molecule has 2 unspecified atom stereocenters. The van der Waals surface area contributed by atoms with Gasteiger partial charge in [-0.25, -0.2) is 26.3 Å². The Morgan fingerprint density at radius 2 is 0.833 bits per heavy atom. The lowest BCUT2D eigenvalue weighted by atomic mass is 9.90. The molecular weight excluding hydrogens is 1390 g/mol. The minimum absolute atomic E-state index is 0.00296. The molecule has 4 atom stereocenters. The molecule has 102 heavy (non-hydrogen) atoms. The molecule has 0 aliphatic rings. The number of nitrogens with one attached hydrogen (secondary N) is 2.